The van der Waals surface area contributed by atoms with Crippen molar-refractivity contribution in [1.82, 2.24) is 5.32 Å². The summed E-state index contributed by atoms with van der Waals surface area (Å²) in [7, 11) is 1.34. The largest absolute Gasteiger partial charge is 0.469 e. The van der Waals surface area contributed by atoms with Gasteiger partial charge in [-0.05, 0) is 36.9 Å². The van der Waals surface area contributed by atoms with E-state index in [-0.39, 0.29) is 18.4 Å². The molecule has 0 spiro atoms. The fourth-order valence-corrected chi connectivity index (χ4v) is 3.01. The molecule has 23 heavy (non-hydrogen) atoms. The van der Waals surface area contributed by atoms with Crippen molar-refractivity contribution in [2.75, 3.05) is 12.4 Å². The second-order valence-electron chi connectivity index (χ2n) is 5.27. The molecule has 1 unspecified atom stereocenters. The molecule has 1 aromatic carbocycles. The SMILES string of the molecule is COC(=O)CC(NC(=O)Nc1ccc(C)cc1C)c1cccs1. The molecule has 2 N–H and O–H groups in total. The molecule has 0 saturated heterocycles. The van der Waals surface area contributed by atoms with Crippen molar-refractivity contribution in [2.24, 2.45) is 0 Å². The Balaban J connectivity index is 2.06. The van der Waals surface area contributed by atoms with Crippen LogP contribution in [0, 0.1) is 13.8 Å². The van der Waals surface area contributed by atoms with Crippen LogP contribution in [0.1, 0.15) is 28.5 Å². The van der Waals surface area contributed by atoms with Crippen molar-refractivity contribution in [2.45, 2.75) is 26.3 Å². The number of carbonyl (C=O) groups excluding carboxylic acids is 2. The van der Waals surface area contributed by atoms with Crippen molar-refractivity contribution >= 4 is 29.0 Å². The number of carbonyl (C=O) groups is 2. The number of thiophene rings is 1. The highest BCUT2D eigenvalue weighted by atomic mass is 32.1. The van der Waals surface area contributed by atoms with Crippen molar-refractivity contribution < 1.29 is 14.3 Å². The second kappa shape index (κ2) is 7.78. The fourth-order valence-electron chi connectivity index (χ4n) is 2.23. The lowest BCUT2D eigenvalue weighted by molar-refractivity contribution is -0.141. The summed E-state index contributed by atoms with van der Waals surface area (Å²) in [4.78, 5) is 24.7. The Morgan fingerprint density at radius 2 is 2.04 bits per heavy atom. The number of rotatable bonds is 5. The highest BCUT2D eigenvalue weighted by Gasteiger charge is 2.20. The van der Waals surface area contributed by atoms with Crippen LogP contribution in [0.2, 0.25) is 0 Å². The number of amides is 2. The van der Waals surface area contributed by atoms with E-state index >= 15 is 0 Å². The fraction of sp³-hybridized carbons (Fsp3) is 0.294. The van der Waals surface area contributed by atoms with Gasteiger partial charge in [0.15, 0.2) is 0 Å². The first kappa shape index (κ1) is 17.0. The second-order valence-corrected chi connectivity index (χ2v) is 6.24. The Hall–Kier alpha value is -2.34. The molecular formula is C17H20N2O3S. The van der Waals surface area contributed by atoms with Crippen molar-refractivity contribution in [3.8, 4) is 0 Å². The summed E-state index contributed by atoms with van der Waals surface area (Å²) in [6.45, 7) is 3.94. The van der Waals surface area contributed by atoms with Gasteiger partial charge in [0, 0.05) is 10.6 Å². The molecule has 0 saturated carbocycles. The Kier molecular flexibility index (Phi) is 5.76. The van der Waals surface area contributed by atoms with Crippen LogP contribution in [0.15, 0.2) is 35.7 Å². The zero-order chi connectivity index (χ0) is 16.8. The van der Waals surface area contributed by atoms with Gasteiger partial charge in [0.05, 0.1) is 19.6 Å². The smallest absolute Gasteiger partial charge is 0.319 e. The summed E-state index contributed by atoms with van der Waals surface area (Å²) in [5, 5.41) is 7.56. The minimum atomic E-state index is -0.409. The molecule has 0 fully saturated rings. The number of nitrogens with one attached hydrogen (secondary N) is 2. The average molecular weight is 332 g/mol. The van der Waals surface area contributed by atoms with Crippen LogP contribution in [0.4, 0.5) is 10.5 Å². The van der Waals surface area contributed by atoms with E-state index < -0.39 is 6.04 Å². The lowest BCUT2D eigenvalue weighted by atomic mass is 10.1. The number of urea groups is 1. The number of hydrogen-bond donors (Lipinski definition) is 2. The first-order chi connectivity index (χ1) is 11.0. The van der Waals surface area contributed by atoms with Crippen LogP contribution in [-0.4, -0.2) is 19.1 Å². The van der Waals surface area contributed by atoms with Crippen LogP contribution >= 0.6 is 11.3 Å². The third kappa shape index (κ3) is 4.82. The molecule has 0 aliphatic carbocycles. The third-order valence-electron chi connectivity index (χ3n) is 3.42. The summed E-state index contributed by atoms with van der Waals surface area (Å²) in [6, 6.07) is 8.82. The first-order valence-electron chi connectivity index (χ1n) is 7.24. The highest BCUT2D eigenvalue weighted by molar-refractivity contribution is 7.10. The van der Waals surface area contributed by atoms with Crippen LogP contribution in [0.3, 0.4) is 0 Å². The maximum Gasteiger partial charge on any atom is 0.319 e. The Bertz CT molecular complexity index is 683. The molecule has 0 radical (unpaired) electrons. The zero-order valence-corrected chi connectivity index (χ0v) is 14.2. The minimum absolute atomic E-state index is 0.0946. The van der Waals surface area contributed by atoms with Gasteiger partial charge in [0.2, 0.25) is 0 Å². The lowest BCUT2D eigenvalue weighted by Crippen LogP contribution is -2.33. The van der Waals surface area contributed by atoms with E-state index in [4.69, 9.17) is 4.74 Å². The predicted octanol–water partition coefficient (Wildman–Crippen LogP) is 3.79. The summed E-state index contributed by atoms with van der Waals surface area (Å²) in [5.41, 5.74) is 2.87. The van der Waals surface area contributed by atoms with E-state index in [0.29, 0.717) is 0 Å². The minimum Gasteiger partial charge on any atom is -0.469 e. The molecule has 5 nitrogen and oxygen atoms in total. The van der Waals surface area contributed by atoms with Crippen LogP contribution in [0.25, 0.3) is 0 Å². The van der Waals surface area contributed by atoms with Crippen LogP contribution < -0.4 is 10.6 Å². The van der Waals surface area contributed by atoms with E-state index in [9.17, 15) is 9.59 Å². The third-order valence-corrected chi connectivity index (χ3v) is 4.41. The first-order valence-corrected chi connectivity index (χ1v) is 8.12. The molecular weight excluding hydrogens is 312 g/mol. The molecule has 2 rings (SSSR count). The molecule has 1 heterocycles. The highest BCUT2D eigenvalue weighted by Crippen LogP contribution is 2.23. The maximum atomic E-state index is 12.3. The number of methoxy groups -OCH3 is 1. The van der Waals surface area contributed by atoms with Crippen molar-refractivity contribution in [3.05, 3.63) is 51.7 Å². The van der Waals surface area contributed by atoms with E-state index in [0.717, 1.165) is 21.7 Å². The normalized spacial score (nSPS) is 11.6. The molecule has 122 valence electrons. The van der Waals surface area contributed by atoms with Crippen LogP contribution in [-0.2, 0) is 9.53 Å². The van der Waals surface area contributed by atoms with Gasteiger partial charge in [-0.2, -0.15) is 0 Å². The van der Waals surface area contributed by atoms with Gasteiger partial charge in [0.1, 0.15) is 0 Å². The van der Waals surface area contributed by atoms with E-state index in [2.05, 4.69) is 10.6 Å². The summed E-state index contributed by atoms with van der Waals surface area (Å²) in [6.07, 6.45) is 0.0946. The summed E-state index contributed by atoms with van der Waals surface area (Å²) in [5.74, 6) is -0.366. The maximum absolute atomic E-state index is 12.3. The quantitative estimate of drug-likeness (QED) is 0.819. The van der Waals surface area contributed by atoms with E-state index in [1.165, 1.54) is 18.4 Å². The Morgan fingerprint density at radius 3 is 2.65 bits per heavy atom. The Morgan fingerprint density at radius 1 is 1.26 bits per heavy atom. The van der Waals surface area contributed by atoms with E-state index in [1.54, 1.807) is 0 Å². The van der Waals surface area contributed by atoms with Gasteiger partial charge < -0.3 is 15.4 Å². The molecule has 2 amide bonds. The zero-order valence-electron chi connectivity index (χ0n) is 13.4. The van der Waals surface area contributed by atoms with Gasteiger partial charge in [-0.1, -0.05) is 23.8 Å². The number of esters is 1. The standard InChI is InChI=1S/C17H20N2O3S/c1-11-6-7-13(12(2)9-11)18-17(21)19-14(10-16(20)22-3)15-5-4-8-23-15/h4-9,14H,10H2,1-3H3,(H2,18,19,21). The summed E-state index contributed by atoms with van der Waals surface area (Å²) < 4.78 is 4.70. The average Bonchev–Trinajstić information content (AvgIpc) is 3.03. The van der Waals surface area contributed by atoms with Gasteiger partial charge in [-0.3, -0.25) is 4.79 Å². The van der Waals surface area contributed by atoms with Crippen LogP contribution in [0.5, 0.6) is 0 Å². The predicted molar refractivity (Wildman–Crippen MR) is 91.8 cm³/mol. The molecule has 1 atom stereocenters. The number of aryl methyl sites for hydroxylation is 2. The number of hydrogen-bond acceptors (Lipinski definition) is 4. The summed E-state index contributed by atoms with van der Waals surface area (Å²) >= 11 is 1.49. The molecule has 6 heteroatoms. The number of anilines is 1. The molecule has 1 aromatic heterocycles. The lowest BCUT2D eigenvalue weighted by Gasteiger charge is -2.17. The van der Waals surface area contributed by atoms with Gasteiger partial charge in [-0.15, -0.1) is 11.3 Å². The molecule has 0 bridgehead atoms. The Labute approximate surface area is 139 Å². The molecule has 2 aromatic rings. The monoisotopic (exact) mass is 332 g/mol. The van der Waals surface area contributed by atoms with E-state index in [1.807, 2.05) is 49.6 Å². The van der Waals surface area contributed by atoms with Gasteiger partial charge >= 0.3 is 12.0 Å². The molecule has 0 aliphatic rings. The molecule has 0 aliphatic heterocycles. The van der Waals surface area contributed by atoms with Gasteiger partial charge in [0.25, 0.3) is 0 Å². The van der Waals surface area contributed by atoms with Crippen molar-refractivity contribution in [1.29, 1.82) is 0 Å². The van der Waals surface area contributed by atoms with Crippen molar-refractivity contribution in [3.63, 3.8) is 0 Å². The van der Waals surface area contributed by atoms with Gasteiger partial charge in [-0.25, -0.2) is 4.79 Å². The number of ether oxygens (including phenoxy) is 1. The topological polar surface area (TPSA) is 67.4 Å². The number of benzene rings is 1.